The van der Waals surface area contributed by atoms with Crippen LogP contribution in [0.1, 0.15) is 12.8 Å². The number of aromatic nitrogens is 2. The first-order valence-electron chi connectivity index (χ1n) is 5.28. The van der Waals surface area contributed by atoms with Crippen LogP contribution in [0.15, 0.2) is 6.20 Å². The topological polar surface area (TPSA) is 41.0 Å². The van der Waals surface area contributed by atoms with Gasteiger partial charge in [-0.05, 0) is 38.0 Å². The van der Waals surface area contributed by atoms with E-state index in [1.165, 1.54) is 12.6 Å². The molecule has 1 unspecified atom stereocenters. The second-order valence-corrected chi connectivity index (χ2v) is 4.83. The third kappa shape index (κ3) is 2.97. The number of rotatable bonds is 2. The van der Waals surface area contributed by atoms with Gasteiger partial charge in [-0.1, -0.05) is 11.6 Å². The van der Waals surface area contributed by atoms with E-state index < -0.39 is 0 Å². The van der Waals surface area contributed by atoms with Crippen molar-refractivity contribution >= 4 is 29.0 Å². The van der Waals surface area contributed by atoms with Crippen molar-refractivity contribution in [2.24, 2.45) is 0 Å². The molecule has 4 nitrogen and oxygen atoms in total. The minimum atomic E-state index is 0.219. The number of nitrogens with zero attached hydrogens (tertiary/aromatic N) is 3. The van der Waals surface area contributed by atoms with Crippen molar-refractivity contribution in [3.05, 3.63) is 16.5 Å². The fourth-order valence-electron chi connectivity index (χ4n) is 1.92. The van der Waals surface area contributed by atoms with Gasteiger partial charge in [0.25, 0.3) is 0 Å². The van der Waals surface area contributed by atoms with Gasteiger partial charge >= 0.3 is 0 Å². The maximum Gasteiger partial charge on any atom is 0.224 e. The van der Waals surface area contributed by atoms with E-state index in [9.17, 15) is 0 Å². The van der Waals surface area contributed by atoms with Crippen LogP contribution in [0.4, 0.5) is 5.82 Å². The van der Waals surface area contributed by atoms with E-state index >= 15 is 0 Å². The van der Waals surface area contributed by atoms with Gasteiger partial charge in [-0.15, -0.1) is 0 Å². The Kier molecular flexibility index (Phi) is 3.84. The van der Waals surface area contributed by atoms with E-state index in [1.807, 2.05) is 0 Å². The molecule has 0 radical (unpaired) electrons. The highest BCUT2D eigenvalue weighted by Gasteiger charge is 2.18. The summed E-state index contributed by atoms with van der Waals surface area (Å²) in [5, 5.41) is 4.04. The molecule has 0 aliphatic carbocycles. The van der Waals surface area contributed by atoms with Crippen LogP contribution in [0.2, 0.25) is 10.3 Å². The Labute approximate surface area is 105 Å². The van der Waals surface area contributed by atoms with Crippen molar-refractivity contribution in [3.8, 4) is 0 Å². The predicted molar refractivity (Wildman–Crippen MR) is 66.2 cm³/mol. The zero-order valence-corrected chi connectivity index (χ0v) is 10.6. The van der Waals surface area contributed by atoms with E-state index in [1.54, 1.807) is 0 Å². The standard InChI is InChI=1S/C10H14Cl2N4/c1-16-4-2-3-7(6-16)14-9-8(11)5-13-10(12)15-9/h5,7H,2-4,6H2,1H3,(H,13,14,15). The monoisotopic (exact) mass is 260 g/mol. The Hall–Kier alpha value is -0.580. The molecule has 0 saturated carbocycles. The number of piperidine rings is 1. The van der Waals surface area contributed by atoms with Crippen LogP contribution in [0, 0.1) is 0 Å². The van der Waals surface area contributed by atoms with Crippen LogP contribution in [0.5, 0.6) is 0 Å². The van der Waals surface area contributed by atoms with Gasteiger partial charge in [0.05, 0.1) is 6.20 Å². The number of halogens is 2. The Bertz CT molecular complexity index is 372. The maximum absolute atomic E-state index is 5.99. The van der Waals surface area contributed by atoms with Crippen LogP contribution in [-0.4, -0.2) is 41.0 Å². The summed E-state index contributed by atoms with van der Waals surface area (Å²) in [5.74, 6) is 0.627. The number of hydrogen-bond acceptors (Lipinski definition) is 4. The summed E-state index contributed by atoms with van der Waals surface area (Å²) < 4.78 is 0. The molecular formula is C10H14Cl2N4. The molecule has 88 valence electrons. The first kappa shape index (κ1) is 11.9. The summed E-state index contributed by atoms with van der Waals surface area (Å²) in [5.41, 5.74) is 0. The smallest absolute Gasteiger partial charge is 0.224 e. The molecule has 1 N–H and O–H groups in total. The van der Waals surface area contributed by atoms with E-state index in [-0.39, 0.29) is 5.28 Å². The Balaban J connectivity index is 2.05. The van der Waals surface area contributed by atoms with Crippen molar-refractivity contribution in [3.63, 3.8) is 0 Å². The van der Waals surface area contributed by atoms with Crippen LogP contribution in [-0.2, 0) is 0 Å². The molecule has 1 aromatic rings. The van der Waals surface area contributed by atoms with Gasteiger partial charge in [-0.2, -0.15) is 4.98 Å². The van der Waals surface area contributed by atoms with Gasteiger partial charge < -0.3 is 10.2 Å². The molecule has 1 aromatic heterocycles. The van der Waals surface area contributed by atoms with E-state index in [4.69, 9.17) is 23.2 Å². The number of likely N-dealkylation sites (N-methyl/N-ethyl adjacent to an activating group) is 1. The number of likely N-dealkylation sites (tertiary alicyclic amines) is 1. The molecule has 1 aliphatic heterocycles. The van der Waals surface area contributed by atoms with Crippen molar-refractivity contribution in [2.45, 2.75) is 18.9 Å². The quantitative estimate of drug-likeness (QED) is 0.829. The van der Waals surface area contributed by atoms with Crippen molar-refractivity contribution in [2.75, 3.05) is 25.5 Å². The molecule has 1 fully saturated rings. The van der Waals surface area contributed by atoms with Gasteiger partial charge in [0, 0.05) is 12.6 Å². The molecule has 0 spiro atoms. The Morgan fingerprint density at radius 3 is 3.06 bits per heavy atom. The molecule has 16 heavy (non-hydrogen) atoms. The molecule has 2 heterocycles. The van der Waals surface area contributed by atoms with Crippen molar-refractivity contribution in [1.29, 1.82) is 0 Å². The average molecular weight is 261 g/mol. The second-order valence-electron chi connectivity index (χ2n) is 4.08. The van der Waals surface area contributed by atoms with Crippen LogP contribution in [0.3, 0.4) is 0 Å². The number of anilines is 1. The first-order chi connectivity index (χ1) is 7.65. The van der Waals surface area contributed by atoms with Crippen LogP contribution < -0.4 is 5.32 Å². The zero-order chi connectivity index (χ0) is 11.5. The fourth-order valence-corrected chi connectivity index (χ4v) is 2.20. The lowest BCUT2D eigenvalue weighted by molar-refractivity contribution is 0.261. The largest absolute Gasteiger partial charge is 0.365 e. The van der Waals surface area contributed by atoms with E-state index in [0.717, 1.165) is 19.5 Å². The molecule has 1 saturated heterocycles. The third-order valence-electron chi connectivity index (χ3n) is 2.68. The number of hydrogen-bond donors (Lipinski definition) is 1. The summed E-state index contributed by atoms with van der Waals surface area (Å²) in [7, 11) is 2.11. The van der Waals surface area contributed by atoms with Crippen molar-refractivity contribution in [1.82, 2.24) is 14.9 Å². The highest BCUT2D eigenvalue weighted by Crippen LogP contribution is 2.22. The summed E-state index contributed by atoms with van der Waals surface area (Å²) in [6, 6.07) is 0.377. The SMILES string of the molecule is CN1CCCC(Nc2nc(Cl)ncc2Cl)C1. The summed E-state index contributed by atoms with van der Waals surface area (Å²) in [4.78, 5) is 10.2. The van der Waals surface area contributed by atoms with Gasteiger partial charge in [0.2, 0.25) is 5.28 Å². The molecule has 2 rings (SSSR count). The van der Waals surface area contributed by atoms with E-state index in [2.05, 4.69) is 27.2 Å². The minimum absolute atomic E-state index is 0.219. The van der Waals surface area contributed by atoms with Crippen LogP contribution in [0.25, 0.3) is 0 Å². The lowest BCUT2D eigenvalue weighted by Crippen LogP contribution is -2.40. The molecule has 0 amide bonds. The Morgan fingerprint density at radius 1 is 1.50 bits per heavy atom. The van der Waals surface area contributed by atoms with Gasteiger partial charge in [-0.3, -0.25) is 0 Å². The van der Waals surface area contributed by atoms with Gasteiger partial charge in [0.1, 0.15) is 10.8 Å². The highest BCUT2D eigenvalue weighted by molar-refractivity contribution is 6.33. The van der Waals surface area contributed by atoms with Gasteiger partial charge in [-0.25, -0.2) is 4.98 Å². The molecule has 1 atom stereocenters. The Morgan fingerprint density at radius 2 is 2.31 bits per heavy atom. The molecule has 1 aliphatic rings. The lowest BCUT2D eigenvalue weighted by atomic mass is 10.1. The summed E-state index contributed by atoms with van der Waals surface area (Å²) in [6.45, 7) is 2.15. The highest BCUT2D eigenvalue weighted by atomic mass is 35.5. The normalized spacial score (nSPS) is 22.1. The maximum atomic E-state index is 5.99. The van der Waals surface area contributed by atoms with Crippen molar-refractivity contribution < 1.29 is 0 Å². The number of nitrogens with one attached hydrogen (secondary N) is 1. The average Bonchev–Trinajstić information content (AvgIpc) is 2.24. The molecule has 6 heteroatoms. The second kappa shape index (κ2) is 5.17. The molecule has 0 aromatic carbocycles. The molecular weight excluding hydrogens is 247 g/mol. The third-order valence-corrected chi connectivity index (χ3v) is 3.14. The fraction of sp³-hybridized carbons (Fsp3) is 0.600. The summed E-state index contributed by atoms with van der Waals surface area (Å²) >= 11 is 11.7. The minimum Gasteiger partial charge on any atom is -0.365 e. The molecule has 0 bridgehead atoms. The van der Waals surface area contributed by atoms with E-state index in [0.29, 0.717) is 16.9 Å². The predicted octanol–water partition coefficient (Wildman–Crippen LogP) is 2.29. The lowest BCUT2D eigenvalue weighted by Gasteiger charge is -2.30. The first-order valence-corrected chi connectivity index (χ1v) is 6.04. The van der Waals surface area contributed by atoms with Gasteiger partial charge in [0.15, 0.2) is 0 Å². The summed E-state index contributed by atoms with van der Waals surface area (Å²) in [6.07, 6.45) is 3.83. The zero-order valence-electron chi connectivity index (χ0n) is 9.08. The van der Waals surface area contributed by atoms with Crippen LogP contribution >= 0.6 is 23.2 Å².